The van der Waals surface area contributed by atoms with E-state index in [4.69, 9.17) is 34.4 Å². The van der Waals surface area contributed by atoms with Gasteiger partial charge in [0.15, 0.2) is 0 Å². The van der Waals surface area contributed by atoms with Crippen LogP contribution >= 0.6 is 0 Å². The van der Waals surface area contributed by atoms with Crippen molar-refractivity contribution in [3.05, 3.63) is 0 Å². The van der Waals surface area contributed by atoms with Gasteiger partial charge in [-0.3, -0.25) is 0 Å². The molecule has 0 rings (SSSR count). The van der Waals surface area contributed by atoms with Gasteiger partial charge in [-0.2, -0.15) is 0 Å². The summed E-state index contributed by atoms with van der Waals surface area (Å²) < 4.78 is 59.3. The summed E-state index contributed by atoms with van der Waals surface area (Å²) in [6.45, 7) is 3.58. The number of rotatable bonds is 3. The molecule has 0 aliphatic carbocycles. The summed E-state index contributed by atoms with van der Waals surface area (Å²) in [5, 5.41) is 0. The van der Waals surface area contributed by atoms with Gasteiger partial charge >= 0.3 is 52.8 Å². The van der Waals surface area contributed by atoms with Crippen molar-refractivity contribution >= 4 is 8.63 Å². The molecule has 20 heavy (non-hydrogen) atoms. The quantitative estimate of drug-likeness (QED) is 0.204. The molecular weight excluding hydrogens is 364 g/mol. The second-order valence-corrected chi connectivity index (χ2v) is 4.95. The molecule has 12 N–H and O–H groups in total. The van der Waals surface area contributed by atoms with Crippen molar-refractivity contribution in [2.24, 2.45) is 34.4 Å². The standard InChI is InChI=1S/3C2H8N2.F6Si.Zn/c3*3-1-2-4;1-7(2,3,4,5)6;/h3*1-4H2;;/q;;;-2;+2. The van der Waals surface area contributed by atoms with Gasteiger partial charge in [-0.05, 0) is 0 Å². The zero-order valence-corrected chi connectivity index (χ0v) is 15.1. The Morgan fingerprint density at radius 2 is 0.500 bits per heavy atom. The van der Waals surface area contributed by atoms with E-state index in [1.54, 1.807) is 0 Å². The number of hydrogen-bond acceptors (Lipinski definition) is 6. The molecule has 0 saturated carbocycles. The van der Waals surface area contributed by atoms with Crippen LogP contribution in [0.15, 0.2) is 0 Å². The maximum Gasteiger partial charge on any atom is 2.00 e. The fourth-order valence-corrected chi connectivity index (χ4v) is 0. The molecule has 6 nitrogen and oxygen atoms in total. The van der Waals surface area contributed by atoms with E-state index in [1.807, 2.05) is 0 Å². The Morgan fingerprint density at radius 3 is 0.500 bits per heavy atom. The van der Waals surface area contributed by atoms with Crippen molar-refractivity contribution in [3.8, 4) is 0 Å². The first-order chi connectivity index (χ1) is 8.19. The number of nitrogens with two attached hydrogens (primary N) is 6. The van der Waals surface area contributed by atoms with Crippen molar-refractivity contribution in [1.82, 2.24) is 0 Å². The zero-order valence-electron chi connectivity index (χ0n) is 11.2. The predicted octanol–water partition coefficient (Wildman–Crippen LogP) is -1.15. The maximum atomic E-state index is 9.88. The Balaban J connectivity index is -0.0000000512. The van der Waals surface area contributed by atoms with Crippen LogP contribution in [0.5, 0.6) is 0 Å². The van der Waals surface area contributed by atoms with E-state index < -0.39 is 8.63 Å². The molecule has 0 aliphatic rings. The van der Waals surface area contributed by atoms with E-state index in [0.29, 0.717) is 39.3 Å². The SMILES string of the molecule is F[Si-2](F)(F)(F)(F)F.NCCN.NCCN.NCCN.[Zn+2]. The third-order valence-corrected chi connectivity index (χ3v) is 0.500. The first kappa shape index (κ1) is 32.2. The Labute approximate surface area is 127 Å². The summed E-state index contributed by atoms with van der Waals surface area (Å²) in [5.41, 5.74) is 29.4. The molecule has 0 saturated heterocycles. The molecule has 0 aliphatic heterocycles. The fourth-order valence-electron chi connectivity index (χ4n) is 0. The van der Waals surface area contributed by atoms with E-state index in [2.05, 4.69) is 0 Å². The summed E-state index contributed by atoms with van der Waals surface area (Å²) in [6.07, 6.45) is 0. The Morgan fingerprint density at radius 1 is 0.450 bits per heavy atom. The van der Waals surface area contributed by atoms with Crippen LogP contribution in [0.2, 0.25) is 0 Å². The van der Waals surface area contributed by atoms with Gasteiger partial charge in [0, 0.05) is 39.3 Å². The van der Waals surface area contributed by atoms with Crippen LogP contribution in [-0.2, 0) is 19.5 Å². The van der Waals surface area contributed by atoms with Gasteiger partial charge in [-0.1, -0.05) is 0 Å². The van der Waals surface area contributed by atoms with E-state index in [-0.39, 0.29) is 19.5 Å². The minimum Gasteiger partial charge on any atom is -0.329 e. The molecule has 0 amide bonds. The van der Waals surface area contributed by atoms with Gasteiger partial charge in [0.25, 0.3) is 0 Å². The van der Waals surface area contributed by atoms with E-state index >= 15 is 0 Å². The Hall–Kier alpha value is 0.180. The monoisotopic (exact) mass is 386 g/mol. The minimum atomic E-state index is -10.8. The molecule has 0 heterocycles. The normalized spacial score (nSPS) is 12.6. The molecule has 14 heteroatoms. The molecule has 126 valence electrons. The molecule has 0 unspecified atom stereocenters. The third-order valence-electron chi connectivity index (χ3n) is 0.500. The number of halogens is 6. The molecule has 0 radical (unpaired) electrons. The minimum absolute atomic E-state index is 0. The largest absolute Gasteiger partial charge is 2.00 e. The molecule has 0 atom stereocenters. The molecule has 0 aromatic carbocycles. The third kappa shape index (κ3) is 531. The Kier molecular flexibility index (Phi) is 22.8. The summed E-state index contributed by atoms with van der Waals surface area (Å²) in [7, 11) is -10.8. The van der Waals surface area contributed by atoms with Crippen LogP contribution in [0.3, 0.4) is 0 Å². The summed E-state index contributed by atoms with van der Waals surface area (Å²) in [4.78, 5) is 0. The average Bonchev–Trinajstić information content (AvgIpc) is 2.25. The molecule has 0 spiro atoms. The topological polar surface area (TPSA) is 156 Å². The average molecular weight is 388 g/mol. The molecule has 0 fully saturated rings. The van der Waals surface area contributed by atoms with Gasteiger partial charge in [-0.25, -0.2) is 0 Å². The van der Waals surface area contributed by atoms with E-state index in [9.17, 15) is 24.6 Å². The van der Waals surface area contributed by atoms with Crippen LogP contribution in [0.25, 0.3) is 0 Å². The second-order valence-electron chi connectivity index (χ2n) is 2.80. The molecule has 0 aromatic rings. The van der Waals surface area contributed by atoms with Crippen molar-refractivity contribution < 1.29 is 44.1 Å². The van der Waals surface area contributed by atoms with Crippen molar-refractivity contribution in [2.75, 3.05) is 39.3 Å². The summed E-state index contributed by atoms with van der Waals surface area (Å²) >= 11 is 0. The van der Waals surface area contributed by atoms with E-state index in [0.717, 1.165) is 0 Å². The van der Waals surface area contributed by atoms with Crippen LogP contribution < -0.4 is 34.4 Å². The van der Waals surface area contributed by atoms with Gasteiger partial charge < -0.3 is 34.4 Å². The van der Waals surface area contributed by atoms with Crippen LogP contribution in [0.1, 0.15) is 0 Å². The van der Waals surface area contributed by atoms with Crippen LogP contribution in [0.4, 0.5) is 24.6 Å². The Bertz CT molecular complexity index is 150. The van der Waals surface area contributed by atoms with Gasteiger partial charge in [-0.15, -0.1) is 0 Å². The van der Waals surface area contributed by atoms with Crippen molar-refractivity contribution in [1.29, 1.82) is 0 Å². The summed E-state index contributed by atoms with van der Waals surface area (Å²) in [5.74, 6) is 0. The van der Waals surface area contributed by atoms with E-state index in [1.165, 1.54) is 0 Å². The van der Waals surface area contributed by atoms with Crippen LogP contribution in [-0.4, -0.2) is 47.9 Å². The van der Waals surface area contributed by atoms with Gasteiger partial charge in [0.05, 0.1) is 0 Å². The van der Waals surface area contributed by atoms with Crippen molar-refractivity contribution in [2.45, 2.75) is 0 Å². The first-order valence-electron chi connectivity index (χ1n) is 5.08. The van der Waals surface area contributed by atoms with Gasteiger partial charge in [0.1, 0.15) is 0 Å². The summed E-state index contributed by atoms with van der Waals surface area (Å²) in [6, 6.07) is 0. The van der Waals surface area contributed by atoms with Gasteiger partial charge in [0.2, 0.25) is 0 Å². The molecular formula is C6H24F6N6SiZn. The van der Waals surface area contributed by atoms with Crippen molar-refractivity contribution in [3.63, 3.8) is 0 Å². The smallest absolute Gasteiger partial charge is 0.329 e. The van der Waals surface area contributed by atoms with Crippen LogP contribution in [0, 0.1) is 0 Å². The first-order valence-corrected chi connectivity index (χ1v) is 7.35. The fraction of sp³-hybridized carbons (Fsp3) is 1.00. The maximum absolute atomic E-state index is 10.8. The predicted molar refractivity (Wildman–Crippen MR) is 66.7 cm³/mol. The number of hydrogen-bond donors (Lipinski definition) is 6. The zero-order chi connectivity index (χ0) is 16.7. The molecule has 0 aromatic heterocycles. The molecule has 0 bridgehead atoms. The second kappa shape index (κ2) is 14.1.